The number of nitrogens with zero attached hydrogens (tertiary/aromatic N) is 1. The van der Waals surface area contributed by atoms with Crippen molar-refractivity contribution in [1.29, 1.82) is 0 Å². The summed E-state index contributed by atoms with van der Waals surface area (Å²) >= 11 is 0. The number of esters is 1. The zero-order valence-electron chi connectivity index (χ0n) is 19.2. The van der Waals surface area contributed by atoms with Crippen LogP contribution in [0.5, 0.6) is 0 Å². The molecule has 1 N–H and O–H groups in total. The molecule has 0 fully saturated rings. The van der Waals surface area contributed by atoms with Crippen LogP contribution < -0.4 is 5.32 Å². The largest absolute Gasteiger partial charge is 0.466 e. The monoisotopic (exact) mass is 452 g/mol. The number of carbonyl (C=O) groups excluding carboxylic acids is 3. The van der Waals surface area contributed by atoms with Crippen molar-refractivity contribution in [2.45, 2.75) is 39.8 Å². The Morgan fingerprint density at radius 2 is 1.88 bits per heavy atom. The molecule has 6 heteroatoms. The molecule has 0 saturated heterocycles. The Bertz CT molecular complexity index is 1560. The lowest BCUT2D eigenvalue weighted by atomic mass is 9.91. The van der Waals surface area contributed by atoms with Gasteiger partial charge in [0.15, 0.2) is 5.78 Å². The quantitative estimate of drug-likeness (QED) is 0.237. The summed E-state index contributed by atoms with van der Waals surface area (Å²) in [7, 11) is 0. The number of aromatic nitrogens is 1. The van der Waals surface area contributed by atoms with Crippen LogP contribution in [-0.2, 0) is 29.0 Å². The van der Waals surface area contributed by atoms with E-state index in [1.807, 2.05) is 30.3 Å². The average Bonchev–Trinajstić information content (AvgIpc) is 3.47. The van der Waals surface area contributed by atoms with Crippen molar-refractivity contribution in [2.24, 2.45) is 0 Å². The third-order valence-corrected chi connectivity index (χ3v) is 7.05. The minimum Gasteiger partial charge on any atom is -0.466 e. The molecule has 34 heavy (non-hydrogen) atoms. The van der Waals surface area contributed by atoms with Crippen LogP contribution in [0.25, 0.3) is 32.9 Å². The first-order valence-electron chi connectivity index (χ1n) is 11.6. The van der Waals surface area contributed by atoms with E-state index in [2.05, 4.69) is 22.0 Å². The summed E-state index contributed by atoms with van der Waals surface area (Å²) < 4.78 is 7.48. The molecule has 0 saturated carbocycles. The Morgan fingerprint density at radius 3 is 2.68 bits per heavy atom. The van der Waals surface area contributed by atoms with Crippen LogP contribution in [0.1, 0.15) is 57.7 Å². The molecule has 1 aromatic heterocycles. The Morgan fingerprint density at radius 1 is 1.06 bits per heavy atom. The van der Waals surface area contributed by atoms with Gasteiger partial charge in [-0.25, -0.2) is 0 Å². The van der Waals surface area contributed by atoms with E-state index in [9.17, 15) is 14.4 Å². The fraction of sp³-hybridized carbons (Fsp3) is 0.250. The number of carbonyl (C=O) groups is 3. The third kappa shape index (κ3) is 2.91. The maximum absolute atomic E-state index is 13.1. The van der Waals surface area contributed by atoms with Gasteiger partial charge in [-0.2, -0.15) is 0 Å². The van der Waals surface area contributed by atoms with Gasteiger partial charge in [-0.05, 0) is 53.8 Å². The molecule has 2 aliphatic rings. The van der Waals surface area contributed by atoms with Crippen LogP contribution in [0, 0.1) is 0 Å². The van der Waals surface area contributed by atoms with Crippen LogP contribution in [0.2, 0.25) is 0 Å². The Labute approximate surface area is 196 Å². The number of rotatable bonds is 5. The smallest absolute Gasteiger partial charge is 0.302 e. The Kier molecular flexibility index (Phi) is 4.59. The van der Waals surface area contributed by atoms with E-state index >= 15 is 0 Å². The van der Waals surface area contributed by atoms with E-state index in [0.717, 1.165) is 56.0 Å². The Hall–Kier alpha value is -3.93. The van der Waals surface area contributed by atoms with E-state index in [0.29, 0.717) is 31.7 Å². The first-order valence-corrected chi connectivity index (χ1v) is 11.6. The van der Waals surface area contributed by atoms with E-state index in [1.165, 1.54) is 12.5 Å². The highest BCUT2D eigenvalue weighted by molar-refractivity contribution is 6.20. The van der Waals surface area contributed by atoms with Crippen LogP contribution >= 0.6 is 0 Å². The number of hydrogen-bond donors (Lipinski definition) is 1. The fourth-order valence-electron chi connectivity index (χ4n) is 5.67. The molecule has 170 valence electrons. The SMILES string of the molecule is CC(=O)OCCCn1c2ccc(C(C)=O)cc2c2c3c(c4c(c21)Cc1ccccc1-4)C(=O)NC3. The first kappa shape index (κ1) is 20.7. The summed E-state index contributed by atoms with van der Waals surface area (Å²) in [4.78, 5) is 36.5. The van der Waals surface area contributed by atoms with Gasteiger partial charge < -0.3 is 14.6 Å². The summed E-state index contributed by atoms with van der Waals surface area (Å²) in [6.45, 7) is 4.46. The highest BCUT2D eigenvalue weighted by atomic mass is 16.5. The van der Waals surface area contributed by atoms with Gasteiger partial charge in [-0.3, -0.25) is 14.4 Å². The van der Waals surface area contributed by atoms with Crippen molar-refractivity contribution in [3.63, 3.8) is 0 Å². The lowest BCUT2D eigenvalue weighted by molar-refractivity contribution is -0.141. The number of aryl methyl sites for hydroxylation is 1. The number of benzene rings is 3. The van der Waals surface area contributed by atoms with Gasteiger partial charge in [0, 0.05) is 53.9 Å². The second-order valence-corrected chi connectivity index (χ2v) is 9.08. The maximum atomic E-state index is 13.1. The van der Waals surface area contributed by atoms with Gasteiger partial charge in [0.2, 0.25) is 0 Å². The summed E-state index contributed by atoms with van der Waals surface area (Å²) in [5.41, 5.74) is 9.07. The van der Waals surface area contributed by atoms with Gasteiger partial charge in [0.25, 0.3) is 5.91 Å². The lowest BCUT2D eigenvalue weighted by Crippen LogP contribution is -2.13. The highest BCUT2D eigenvalue weighted by Crippen LogP contribution is 2.48. The van der Waals surface area contributed by atoms with Gasteiger partial charge in [0.05, 0.1) is 17.7 Å². The van der Waals surface area contributed by atoms with Gasteiger partial charge in [-0.1, -0.05) is 24.3 Å². The zero-order chi connectivity index (χ0) is 23.6. The number of hydrogen-bond acceptors (Lipinski definition) is 4. The minimum absolute atomic E-state index is 0.0112. The first-order chi connectivity index (χ1) is 16.5. The Balaban J connectivity index is 1.68. The summed E-state index contributed by atoms with van der Waals surface area (Å²) in [6, 6.07) is 14.1. The molecule has 0 bridgehead atoms. The molecule has 1 amide bonds. The van der Waals surface area contributed by atoms with Crippen molar-refractivity contribution in [1.82, 2.24) is 9.88 Å². The molecule has 2 heterocycles. The van der Waals surface area contributed by atoms with E-state index < -0.39 is 0 Å². The number of nitrogens with one attached hydrogen (secondary N) is 1. The van der Waals surface area contributed by atoms with Crippen molar-refractivity contribution in [2.75, 3.05) is 6.61 Å². The second kappa shape index (κ2) is 7.55. The van der Waals surface area contributed by atoms with Crippen molar-refractivity contribution in [3.8, 4) is 11.1 Å². The van der Waals surface area contributed by atoms with Crippen LogP contribution in [0.3, 0.4) is 0 Å². The van der Waals surface area contributed by atoms with Gasteiger partial charge >= 0.3 is 5.97 Å². The predicted octanol–water partition coefficient (Wildman–Crippen LogP) is 4.76. The summed E-state index contributed by atoms with van der Waals surface area (Å²) in [6.07, 6.45) is 1.42. The average molecular weight is 453 g/mol. The van der Waals surface area contributed by atoms with Gasteiger partial charge in [0.1, 0.15) is 0 Å². The van der Waals surface area contributed by atoms with Crippen molar-refractivity contribution >= 4 is 39.5 Å². The molecule has 0 spiro atoms. The predicted molar refractivity (Wildman–Crippen MR) is 130 cm³/mol. The molecular weight excluding hydrogens is 428 g/mol. The number of amides is 1. The number of fused-ring (bicyclic) bond motifs is 10. The van der Waals surface area contributed by atoms with Crippen LogP contribution in [-0.4, -0.2) is 28.8 Å². The number of ketones is 1. The molecular formula is C28H24N2O4. The molecule has 1 aliphatic carbocycles. The fourth-order valence-corrected chi connectivity index (χ4v) is 5.67. The normalized spacial score (nSPS) is 13.6. The second-order valence-electron chi connectivity index (χ2n) is 9.08. The van der Waals surface area contributed by atoms with E-state index in [1.54, 1.807) is 6.92 Å². The van der Waals surface area contributed by atoms with Gasteiger partial charge in [-0.15, -0.1) is 0 Å². The number of Topliss-reactive ketones (excluding diaryl/α,β-unsaturated/α-hetero) is 1. The maximum Gasteiger partial charge on any atom is 0.302 e. The van der Waals surface area contributed by atoms with Crippen LogP contribution in [0.4, 0.5) is 0 Å². The molecule has 0 atom stereocenters. The van der Waals surface area contributed by atoms with Crippen molar-refractivity contribution in [3.05, 3.63) is 70.3 Å². The minimum atomic E-state index is -0.285. The van der Waals surface area contributed by atoms with Crippen molar-refractivity contribution < 1.29 is 19.1 Å². The van der Waals surface area contributed by atoms with Crippen LogP contribution in [0.15, 0.2) is 42.5 Å². The molecule has 1 aliphatic heterocycles. The third-order valence-electron chi connectivity index (χ3n) is 7.05. The number of ether oxygens (including phenoxy) is 1. The van der Waals surface area contributed by atoms with E-state index in [-0.39, 0.29) is 17.7 Å². The molecule has 0 unspecified atom stereocenters. The summed E-state index contributed by atoms with van der Waals surface area (Å²) in [5.74, 6) is -0.313. The lowest BCUT2D eigenvalue weighted by Gasteiger charge is -2.13. The standard InChI is InChI=1S/C28H24N2O4/c1-15(31)17-8-9-23-20(12-17)25-22-14-29-28(33)26(22)24-19-7-4-3-6-18(19)13-21(24)27(25)30(23)10-5-11-34-16(2)32/h3-4,6-9,12H,5,10-11,13-14H2,1-2H3,(H,29,33). The highest BCUT2D eigenvalue weighted by Gasteiger charge is 2.35. The topological polar surface area (TPSA) is 77.4 Å². The van der Waals surface area contributed by atoms with E-state index in [4.69, 9.17) is 4.74 Å². The molecule has 6 rings (SSSR count). The molecule has 6 nitrogen and oxygen atoms in total. The zero-order valence-corrected chi connectivity index (χ0v) is 19.2. The molecule has 0 radical (unpaired) electrons. The summed E-state index contributed by atoms with van der Waals surface area (Å²) in [5, 5.41) is 5.08. The molecule has 4 aromatic rings. The molecule has 3 aromatic carbocycles.